The number of amides is 1. The monoisotopic (exact) mass is 283 g/mol. The van der Waals surface area contributed by atoms with Crippen molar-refractivity contribution < 1.29 is 4.79 Å². The first kappa shape index (κ1) is 12.6. The Bertz CT molecular complexity index is 766. The predicted octanol–water partition coefficient (Wildman–Crippen LogP) is 3.01. The second-order valence-corrected chi connectivity index (χ2v) is 5.43. The van der Waals surface area contributed by atoms with Gasteiger partial charge in [0.05, 0.1) is 23.0 Å². The van der Waals surface area contributed by atoms with Crippen LogP contribution in [-0.2, 0) is 6.54 Å². The lowest BCUT2D eigenvalue weighted by Gasteiger charge is -2.05. The third-order valence-electron chi connectivity index (χ3n) is 3.00. The minimum absolute atomic E-state index is 0.389. The van der Waals surface area contributed by atoms with Gasteiger partial charge in [-0.15, -0.1) is 11.3 Å². The molecule has 0 radical (unpaired) electrons. The number of anilines is 1. The third-order valence-corrected chi connectivity index (χ3v) is 3.93. The van der Waals surface area contributed by atoms with Gasteiger partial charge in [0.1, 0.15) is 0 Å². The van der Waals surface area contributed by atoms with Gasteiger partial charge >= 0.3 is 0 Å². The summed E-state index contributed by atoms with van der Waals surface area (Å²) >= 11 is 1.52. The highest BCUT2D eigenvalue weighted by Crippen LogP contribution is 2.19. The van der Waals surface area contributed by atoms with E-state index < -0.39 is 0 Å². The van der Waals surface area contributed by atoms with Gasteiger partial charge in [0.15, 0.2) is 0 Å². The molecule has 5 heteroatoms. The Labute approximate surface area is 120 Å². The van der Waals surface area contributed by atoms with Crippen LogP contribution in [0.3, 0.4) is 0 Å². The molecule has 0 bridgehead atoms. The average Bonchev–Trinajstić information content (AvgIpc) is 2.94. The SMILES string of the molecule is NC(=O)c1csc(CNc2cnc3ccccc3c2)c1. The molecule has 0 aliphatic heterocycles. The number of pyridine rings is 1. The van der Waals surface area contributed by atoms with E-state index in [4.69, 9.17) is 5.73 Å². The van der Waals surface area contributed by atoms with Crippen LogP contribution < -0.4 is 11.1 Å². The summed E-state index contributed by atoms with van der Waals surface area (Å²) in [7, 11) is 0. The molecule has 3 N–H and O–H groups in total. The van der Waals surface area contributed by atoms with Crippen LogP contribution in [0.25, 0.3) is 10.9 Å². The molecule has 0 spiro atoms. The molecule has 3 rings (SSSR count). The summed E-state index contributed by atoms with van der Waals surface area (Å²) in [5.41, 5.74) is 7.73. The summed E-state index contributed by atoms with van der Waals surface area (Å²) in [6, 6.07) is 11.9. The van der Waals surface area contributed by atoms with Crippen LogP contribution in [0.1, 0.15) is 15.2 Å². The Morgan fingerprint density at radius 1 is 1.30 bits per heavy atom. The van der Waals surface area contributed by atoms with Crippen molar-refractivity contribution in [2.24, 2.45) is 5.73 Å². The van der Waals surface area contributed by atoms with Crippen molar-refractivity contribution in [3.8, 4) is 0 Å². The molecule has 20 heavy (non-hydrogen) atoms. The number of para-hydroxylation sites is 1. The number of nitrogens with two attached hydrogens (primary N) is 1. The van der Waals surface area contributed by atoms with Gasteiger partial charge in [-0.05, 0) is 18.2 Å². The zero-order valence-electron chi connectivity index (χ0n) is 10.7. The number of rotatable bonds is 4. The Morgan fingerprint density at radius 2 is 2.15 bits per heavy atom. The van der Waals surface area contributed by atoms with Crippen LogP contribution in [0.15, 0.2) is 48.0 Å². The van der Waals surface area contributed by atoms with Gasteiger partial charge in [0, 0.05) is 22.2 Å². The molecular weight excluding hydrogens is 270 g/mol. The number of aromatic nitrogens is 1. The first-order valence-electron chi connectivity index (χ1n) is 6.18. The number of primary amides is 1. The molecule has 0 aliphatic carbocycles. The van der Waals surface area contributed by atoms with Crippen LogP contribution in [0.4, 0.5) is 5.69 Å². The number of nitrogens with zero attached hydrogens (tertiary/aromatic N) is 1. The van der Waals surface area contributed by atoms with Crippen LogP contribution in [0.2, 0.25) is 0 Å². The van der Waals surface area contributed by atoms with Gasteiger partial charge < -0.3 is 11.1 Å². The second kappa shape index (κ2) is 5.30. The second-order valence-electron chi connectivity index (χ2n) is 4.44. The normalized spacial score (nSPS) is 10.6. The Balaban J connectivity index is 1.74. The van der Waals surface area contributed by atoms with E-state index in [2.05, 4.69) is 16.4 Å². The fourth-order valence-electron chi connectivity index (χ4n) is 1.96. The first-order chi connectivity index (χ1) is 9.72. The van der Waals surface area contributed by atoms with Crippen molar-refractivity contribution in [1.29, 1.82) is 0 Å². The number of thiophene rings is 1. The standard InChI is InChI=1S/C15H13N3OS/c16-15(19)11-6-13(20-9-11)8-17-12-5-10-3-1-2-4-14(10)18-7-12/h1-7,9,17H,8H2,(H2,16,19). The molecule has 4 nitrogen and oxygen atoms in total. The smallest absolute Gasteiger partial charge is 0.249 e. The molecule has 0 aliphatic rings. The molecule has 1 amide bonds. The lowest BCUT2D eigenvalue weighted by molar-refractivity contribution is 0.100. The minimum Gasteiger partial charge on any atom is -0.379 e. The summed E-state index contributed by atoms with van der Waals surface area (Å²) in [6.45, 7) is 0.651. The number of carbonyl (C=O) groups is 1. The van der Waals surface area contributed by atoms with Crippen molar-refractivity contribution in [3.05, 3.63) is 58.4 Å². The van der Waals surface area contributed by atoms with E-state index in [0.29, 0.717) is 12.1 Å². The summed E-state index contributed by atoms with van der Waals surface area (Å²) in [5.74, 6) is -0.389. The van der Waals surface area contributed by atoms with Gasteiger partial charge in [-0.3, -0.25) is 9.78 Å². The highest BCUT2D eigenvalue weighted by molar-refractivity contribution is 7.10. The minimum atomic E-state index is -0.389. The zero-order valence-corrected chi connectivity index (χ0v) is 11.5. The van der Waals surface area contributed by atoms with Crippen molar-refractivity contribution in [1.82, 2.24) is 4.98 Å². The number of hydrogen-bond donors (Lipinski definition) is 2. The van der Waals surface area contributed by atoms with Crippen molar-refractivity contribution in [3.63, 3.8) is 0 Å². The molecule has 0 unspecified atom stereocenters. The van der Waals surface area contributed by atoms with E-state index in [1.54, 1.807) is 5.38 Å². The number of carbonyl (C=O) groups excluding carboxylic acids is 1. The highest BCUT2D eigenvalue weighted by Gasteiger charge is 2.04. The lowest BCUT2D eigenvalue weighted by atomic mass is 10.2. The summed E-state index contributed by atoms with van der Waals surface area (Å²) in [5, 5.41) is 6.18. The van der Waals surface area contributed by atoms with E-state index in [9.17, 15) is 4.79 Å². The quantitative estimate of drug-likeness (QED) is 0.773. The number of fused-ring (bicyclic) bond motifs is 1. The molecule has 0 fully saturated rings. The molecule has 2 aromatic heterocycles. The third kappa shape index (κ3) is 2.62. The van der Waals surface area contributed by atoms with Crippen LogP contribution in [-0.4, -0.2) is 10.9 Å². The molecule has 100 valence electrons. The maximum absolute atomic E-state index is 11.0. The van der Waals surface area contributed by atoms with Gasteiger partial charge in [-0.1, -0.05) is 18.2 Å². The fourth-order valence-corrected chi connectivity index (χ4v) is 2.77. The van der Waals surface area contributed by atoms with Crippen LogP contribution >= 0.6 is 11.3 Å². The summed E-state index contributed by atoms with van der Waals surface area (Å²) in [6.07, 6.45) is 1.81. The molecule has 2 heterocycles. The predicted molar refractivity (Wildman–Crippen MR) is 81.9 cm³/mol. The number of benzene rings is 1. The summed E-state index contributed by atoms with van der Waals surface area (Å²) < 4.78 is 0. The highest BCUT2D eigenvalue weighted by atomic mass is 32.1. The van der Waals surface area contributed by atoms with Gasteiger partial charge in [-0.25, -0.2) is 0 Å². The molecule has 0 saturated carbocycles. The van der Waals surface area contributed by atoms with Gasteiger partial charge in [-0.2, -0.15) is 0 Å². The maximum atomic E-state index is 11.0. The maximum Gasteiger partial charge on any atom is 0.249 e. The van der Waals surface area contributed by atoms with E-state index in [0.717, 1.165) is 21.5 Å². The molecule has 3 aromatic rings. The van der Waals surface area contributed by atoms with Gasteiger partial charge in [0.2, 0.25) is 5.91 Å². The Kier molecular flexibility index (Phi) is 3.35. The van der Waals surface area contributed by atoms with Crippen molar-refractivity contribution in [2.75, 3.05) is 5.32 Å². The zero-order chi connectivity index (χ0) is 13.9. The Hall–Kier alpha value is -2.40. The van der Waals surface area contributed by atoms with Crippen LogP contribution in [0, 0.1) is 0 Å². The largest absolute Gasteiger partial charge is 0.379 e. The first-order valence-corrected chi connectivity index (χ1v) is 7.06. The van der Waals surface area contributed by atoms with E-state index in [1.165, 1.54) is 11.3 Å². The molecular formula is C15H13N3OS. The van der Waals surface area contributed by atoms with Crippen molar-refractivity contribution in [2.45, 2.75) is 6.54 Å². The molecule has 0 saturated heterocycles. The van der Waals surface area contributed by atoms with E-state index >= 15 is 0 Å². The van der Waals surface area contributed by atoms with Crippen molar-refractivity contribution >= 4 is 33.8 Å². The van der Waals surface area contributed by atoms with E-state index in [-0.39, 0.29) is 5.91 Å². The number of hydrogen-bond acceptors (Lipinski definition) is 4. The Morgan fingerprint density at radius 3 is 2.95 bits per heavy atom. The van der Waals surface area contributed by atoms with Crippen LogP contribution in [0.5, 0.6) is 0 Å². The molecule has 1 aromatic carbocycles. The summed E-state index contributed by atoms with van der Waals surface area (Å²) in [4.78, 5) is 16.5. The topological polar surface area (TPSA) is 68.0 Å². The average molecular weight is 283 g/mol. The lowest BCUT2D eigenvalue weighted by Crippen LogP contribution is -2.09. The van der Waals surface area contributed by atoms with Gasteiger partial charge in [0.25, 0.3) is 0 Å². The van der Waals surface area contributed by atoms with E-state index in [1.807, 2.05) is 36.5 Å². The fraction of sp³-hybridized carbons (Fsp3) is 0.0667. The molecule has 0 atom stereocenters. The number of nitrogens with one attached hydrogen (secondary N) is 1.